The summed E-state index contributed by atoms with van der Waals surface area (Å²) in [6.45, 7) is 0. The fraction of sp³-hybridized carbons (Fsp3) is 0. The van der Waals surface area contributed by atoms with Crippen molar-refractivity contribution in [1.82, 2.24) is 24.1 Å². The van der Waals surface area contributed by atoms with E-state index in [-0.39, 0.29) is 0 Å². The van der Waals surface area contributed by atoms with Gasteiger partial charge in [0.1, 0.15) is 11.2 Å². The summed E-state index contributed by atoms with van der Waals surface area (Å²) in [5.41, 5.74) is 8.87. The van der Waals surface area contributed by atoms with Crippen molar-refractivity contribution in [2.75, 3.05) is 0 Å². The topological polar surface area (TPSA) is 61.7 Å². The highest BCUT2D eigenvalue weighted by atomic mass is 16.3. The van der Waals surface area contributed by atoms with Crippen molar-refractivity contribution in [1.29, 1.82) is 0 Å². The van der Waals surface area contributed by atoms with Crippen molar-refractivity contribution >= 4 is 76.3 Å². The van der Waals surface area contributed by atoms with Gasteiger partial charge in [0.2, 0.25) is 5.95 Å². The quantitative estimate of drug-likeness (QED) is 0.183. The van der Waals surface area contributed by atoms with Crippen LogP contribution in [0.25, 0.3) is 111 Å². The summed E-state index contributed by atoms with van der Waals surface area (Å²) in [5, 5.41) is 9.23. The highest BCUT2D eigenvalue weighted by Gasteiger charge is 2.23. The minimum Gasteiger partial charge on any atom is -0.456 e. The molecule has 0 spiro atoms. The Bertz CT molecular complexity index is 3500. The largest absolute Gasteiger partial charge is 0.456 e. The van der Waals surface area contributed by atoms with Crippen LogP contribution in [0.3, 0.4) is 0 Å². The molecule has 0 aliphatic carbocycles. The van der Waals surface area contributed by atoms with E-state index in [2.05, 4.69) is 130 Å². The van der Waals surface area contributed by atoms with Crippen molar-refractivity contribution in [3.05, 3.63) is 176 Å². The standard InChI is InChI=1S/C49H29N5O/c1-2-13-31(14-3-1)47-50-48(33-23-25-37-36-17-8-11-21-43(36)55-44(37)29-33)52-49(51-47)54-41-20-10-7-18-39(41)45-42(54)27-26-38-35-16-6-9-19-40(35)53(46(38)45)34-24-22-30-12-4-5-15-32(30)28-34/h1-29H. The fourth-order valence-corrected chi connectivity index (χ4v) is 8.48. The number of furan rings is 1. The van der Waals surface area contributed by atoms with Crippen LogP contribution in [0.5, 0.6) is 0 Å². The second-order valence-corrected chi connectivity index (χ2v) is 14.1. The first-order chi connectivity index (χ1) is 27.3. The Morgan fingerprint density at radius 2 is 1.04 bits per heavy atom. The molecule has 55 heavy (non-hydrogen) atoms. The van der Waals surface area contributed by atoms with E-state index in [4.69, 9.17) is 19.4 Å². The Morgan fingerprint density at radius 1 is 0.382 bits per heavy atom. The van der Waals surface area contributed by atoms with Crippen LogP contribution >= 0.6 is 0 Å². The highest BCUT2D eigenvalue weighted by Crippen LogP contribution is 2.42. The molecule has 0 atom stereocenters. The average molecular weight is 704 g/mol. The molecule has 4 heterocycles. The maximum Gasteiger partial charge on any atom is 0.238 e. The predicted molar refractivity (Wildman–Crippen MR) is 224 cm³/mol. The number of rotatable bonds is 4. The number of hydrogen-bond donors (Lipinski definition) is 0. The van der Waals surface area contributed by atoms with Crippen LogP contribution < -0.4 is 0 Å². The maximum atomic E-state index is 6.31. The SMILES string of the molecule is c1ccc(-c2nc(-c3ccc4c(c3)oc3ccccc34)nc(-n3c4ccccc4c4c3ccc3c5ccccc5n(-c5ccc6ccccc6c5)c34)n2)cc1. The molecule has 0 unspecified atom stereocenters. The monoisotopic (exact) mass is 703 g/mol. The van der Waals surface area contributed by atoms with E-state index in [1.807, 2.05) is 54.6 Å². The Balaban J connectivity index is 1.17. The number of hydrogen-bond acceptors (Lipinski definition) is 4. The molecule has 0 bridgehead atoms. The summed E-state index contributed by atoms with van der Waals surface area (Å²) in [6, 6.07) is 61.5. The third-order valence-electron chi connectivity index (χ3n) is 11.0. The van der Waals surface area contributed by atoms with Crippen LogP contribution in [0.15, 0.2) is 180 Å². The summed E-state index contributed by atoms with van der Waals surface area (Å²) >= 11 is 0. The van der Waals surface area contributed by atoms with Crippen LogP contribution in [0, 0.1) is 0 Å². The summed E-state index contributed by atoms with van der Waals surface area (Å²) in [6.07, 6.45) is 0. The Labute approximate surface area is 314 Å². The van der Waals surface area contributed by atoms with E-state index in [0.29, 0.717) is 17.6 Å². The van der Waals surface area contributed by atoms with E-state index in [1.54, 1.807) is 0 Å². The zero-order chi connectivity index (χ0) is 36.0. The molecule has 12 aromatic rings. The number of benzene rings is 8. The van der Waals surface area contributed by atoms with Gasteiger partial charge in [0.05, 0.1) is 22.1 Å². The molecule has 6 nitrogen and oxygen atoms in total. The molecule has 0 N–H and O–H groups in total. The van der Waals surface area contributed by atoms with Gasteiger partial charge in [0.25, 0.3) is 0 Å². The van der Waals surface area contributed by atoms with Gasteiger partial charge in [0.15, 0.2) is 11.6 Å². The molecular formula is C49H29N5O. The van der Waals surface area contributed by atoms with Crippen molar-refractivity contribution < 1.29 is 4.42 Å². The molecule has 4 aromatic heterocycles. The number of fused-ring (bicyclic) bond motifs is 11. The molecule has 8 aromatic carbocycles. The van der Waals surface area contributed by atoms with Crippen LogP contribution in [0.2, 0.25) is 0 Å². The minimum atomic E-state index is 0.549. The zero-order valence-electron chi connectivity index (χ0n) is 29.4. The van der Waals surface area contributed by atoms with Crippen LogP contribution in [-0.2, 0) is 0 Å². The summed E-state index contributed by atoms with van der Waals surface area (Å²) < 4.78 is 10.9. The number of aromatic nitrogens is 5. The normalized spacial score (nSPS) is 12.0. The smallest absolute Gasteiger partial charge is 0.238 e. The Hall–Kier alpha value is -7.57. The molecule has 0 amide bonds. The van der Waals surface area contributed by atoms with E-state index in [0.717, 1.165) is 71.6 Å². The number of para-hydroxylation sites is 3. The van der Waals surface area contributed by atoms with Crippen LogP contribution in [-0.4, -0.2) is 24.1 Å². The summed E-state index contributed by atoms with van der Waals surface area (Å²) in [5.74, 6) is 1.72. The van der Waals surface area contributed by atoms with E-state index in [1.165, 1.54) is 21.5 Å². The van der Waals surface area contributed by atoms with E-state index in [9.17, 15) is 0 Å². The van der Waals surface area contributed by atoms with Gasteiger partial charge in [-0.05, 0) is 59.3 Å². The Morgan fingerprint density at radius 3 is 1.89 bits per heavy atom. The van der Waals surface area contributed by atoms with Gasteiger partial charge in [-0.3, -0.25) is 4.57 Å². The predicted octanol–water partition coefficient (Wildman–Crippen LogP) is 12.5. The van der Waals surface area contributed by atoms with Gasteiger partial charge in [-0.15, -0.1) is 0 Å². The average Bonchev–Trinajstić information content (AvgIpc) is 3.91. The van der Waals surface area contributed by atoms with Gasteiger partial charge < -0.3 is 8.98 Å². The molecule has 0 saturated heterocycles. The maximum absolute atomic E-state index is 6.31. The lowest BCUT2D eigenvalue weighted by Crippen LogP contribution is -2.06. The van der Waals surface area contributed by atoms with Gasteiger partial charge in [-0.2, -0.15) is 9.97 Å². The second-order valence-electron chi connectivity index (χ2n) is 14.1. The van der Waals surface area contributed by atoms with Gasteiger partial charge in [0, 0.05) is 49.1 Å². The number of nitrogens with zero attached hydrogens (tertiary/aromatic N) is 5. The lowest BCUT2D eigenvalue weighted by molar-refractivity contribution is 0.669. The molecule has 0 saturated carbocycles. The van der Waals surface area contributed by atoms with Crippen molar-refractivity contribution in [3.8, 4) is 34.4 Å². The summed E-state index contributed by atoms with van der Waals surface area (Å²) in [4.78, 5) is 15.6. The Kier molecular flexibility index (Phi) is 6.24. The van der Waals surface area contributed by atoms with Gasteiger partial charge in [-0.25, -0.2) is 4.98 Å². The summed E-state index contributed by atoms with van der Waals surface area (Å²) in [7, 11) is 0. The zero-order valence-corrected chi connectivity index (χ0v) is 29.4. The van der Waals surface area contributed by atoms with E-state index < -0.39 is 0 Å². The highest BCUT2D eigenvalue weighted by molar-refractivity contribution is 6.26. The molecule has 0 aliphatic rings. The molecule has 6 heteroatoms. The molecule has 256 valence electrons. The third-order valence-corrected chi connectivity index (χ3v) is 11.0. The first kappa shape index (κ1) is 29.9. The lowest BCUT2D eigenvalue weighted by Gasteiger charge is -2.12. The first-order valence-electron chi connectivity index (χ1n) is 18.4. The van der Waals surface area contributed by atoms with Crippen molar-refractivity contribution in [2.45, 2.75) is 0 Å². The molecule has 0 fully saturated rings. The van der Waals surface area contributed by atoms with Crippen molar-refractivity contribution in [2.24, 2.45) is 0 Å². The van der Waals surface area contributed by atoms with Gasteiger partial charge in [-0.1, -0.05) is 127 Å². The van der Waals surface area contributed by atoms with Crippen molar-refractivity contribution in [3.63, 3.8) is 0 Å². The second kappa shape index (κ2) is 11.5. The van der Waals surface area contributed by atoms with E-state index >= 15 is 0 Å². The molecular weight excluding hydrogens is 675 g/mol. The third kappa shape index (κ3) is 4.46. The lowest BCUT2D eigenvalue weighted by atomic mass is 10.1. The molecule has 0 aliphatic heterocycles. The first-order valence-corrected chi connectivity index (χ1v) is 18.4. The van der Waals surface area contributed by atoms with Crippen LogP contribution in [0.1, 0.15) is 0 Å². The van der Waals surface area contributed by atoms with Crippen LogP contribution in [0.4, 0.5) is 0 Å². The molecule has 12 rings (SSSR count). The van der Waals surface area contributed by atoms with Gasteiger partial charge >= 0.3 is 0 Å². The minimum absolute atomic E-state index is 0.549. The molecule has 0 radical (unpaired) electrons. The fourth-order valence-electron chi connectivity index (χ4n) is 8.48.